The number of ketones is 1. The van der Waals surface area contributed by atoms with Gasteiger partial charge in [0.2, 0.25) is 0 Å². The monoisotopic (exact) mass is 244 g/mol. The maximum atomic E-state index is 11.8. The van der Waals surface area contributed by atoms with Crippen molar-refractivity contribution in [3.8, 4) is 12.3 Å². The minimum atomic E-state index is -0.844. The van der Waals surface area contributed by atoms with Crippen LogP contribution < -0.4 is 0 Å². The molecule has 0 atom stereocenters. The minimum Gasteiger partial charge on any atom is -0.454 e. The normalized spacial score (nSPS) is 10.5. The van der Waals surface area contributed by atoms with Crippen LogP contribution in [-0.2, 0) is 9.53 Å². The molecule has 0 amide bonds. The summed E-state index contributed by atoms with van der Waals surface area (Å²) < 4.78 is 5.17. The van der Waals surface area contributed by atoms with Gasteiger partial charge in [0.25, 0.3) is 5.78 Å². The third-order valence-corrected chi connectivity index (χ3v) is 2.46. The first-order valence-electron chi connectivity index (χ1n) is 5.72. The Kier molecular flexibility index (Phi) is 4.67. The van der Waals surface area contributed by atoms with Gasteiger partial charge < -0.3 is 4.74 Å². The van der Waals surface area contributed by atoms with E-state index in [1.807, 2.05) is 0 Å². The number of rotatable bonds is 5. The van der Waals surface area contributed by atoms with Gasteiger partial charge in [0, 0.05) is 12.0 Å². The van der Waals surface area contributed by atoms with Gasteiger partial charge in [-0.15, -0.1) is 12.3 Å². The summed E-state index contributed by atoms with van der Waals surface area (Å²) in [5, 5.41) is 0. The molecular weight excluding hydrogens is 228 g/mol. The minimum absolute atomic E-state index is 0.329. The van der Waals surface area contributed by atoms with Gasteiger partial charge in [-0.2, -0.15) is 0 Å². The molecule has 0 saturated heterocycles. The van der Waals surface area contributed by atoms with Crippen molar-refractivity contribution >= 4 is 11.8 Å². The largest absolute Gasteiger partial charge is 0.454 e. The molecule has 18 heavy (non-hydrogen) atoms. The molecule has 0 aliphatic heterocycles. The second kappa shape index (κ2) is 6.02. The van der Waals surface area contributed by atoms with Gasteiger partial charge in [0.15, 0.2) is 0 Å². The molecule has 3 heteroatoms. The standard InChI is InChI=1S/C15H16O3/c1-4-5-11-15(2,3)18-14(17)13(16)12-9-7-6-8-10-12/h1,6-10H,5,11H2,2-3H3. The highest BCUT2D eigenvalue weighted by Crippen LogP contribution is 2.17. The van der Waals surface area contributed by atoms with Gasteiger partial charge in [0.05, 0.1) is 0 Å². The first kappa shape index (κ1) is 14.0. The molecule has 0 heterocycles. The average molecular weight is 244 g/mol. The van der Waals surface area contributed by atoms with Crippen LogP contribution in [0.3, 0.4) is 0 Å². The number of carbonyl (C=O) groups is 2. The molecule has 0 spiro atoms. The van der Waals surface area contributed by atoms with Crippen LogP contribution in [0, 0.1) is 12.3 Å². The van der Waals surface area contributed by atoms with Gasteiger partial charge in [-0.3, -0.25) is 4.79 Å². The topological polar surface area (TPSA) is 43.4 Å². The number of benzene rings is 1. The summed E-state index contributed by atoms with van der Waals surface area (Å²) in [6, 6.07) is 8.34. The van der Waals surface area contributed by atoms with Crippen LogP contribution in [0.15, 0.2) is 30.3 Å². The number of terminal acetylenes is 1. The molecule has 0 N–H and O–H groups in total. The smallest absolute Gasteiger partial charge is 0.380 e. The predicted octanol–water partition coefficient (Wildman–Crippen LogP) is 2.60. The van der Waals surface area contributed by atoms with Crippen molar-refractivity contribution in [1.29, 1.82) is 0 Å². The van der Waals surface area contributed by atoms with Gasteiger partial charge in [0.1, 0.15) is 5.60 Å². The Morgan fingerprint density at radius 2 is 1.89 bits per heavy atom. The molecule has 1 aromatic rings. The van der Waals surface area contributed by atoms with Crippen molar-refractivity contribution in [2.45, 2.75) is 32.3 Å². The summed E-state index contributed by atoms with van der Waals surface area (Å²) in [4.78, 5) is 23.5. The van der Waals surface area contributed by atoms with Crippen LogP contribution >= 0.6 is 0 Å². The number of ether oxygens (including phenoxy) is 1. The molecule has 0 aliphatic rings. The van der Waals surface area contributed by atoms with E-state index >= 15 is 0 Å². The van der Waals surface area contributed by atoms with Crippen molar-refractivity contribution in [1.82, 2.24) is 0 Å². The van der Waals surface area contributed by atoms with Crippen molar-refractivity contribution < 1.29 is 14.3 Å². The first-order chi connectivity index (χ1) is 8.46. The summed E-state index contributed by atoms with van der Waals surface area (Å²) in [5.41, 5.74) is -0.399. The van der Waals surface area contributed by atoms with Crippen molar-refractivity contribution in [3.63, 3.8) is 0 Å². The Bertz CT molecular complexity index is 466. The van der Waals surface area contributed by atoms with Gasteiger partial charge in [-0.25, -0.2) is 4.79 Å². The molecule has 0 unspecified atom stereocenters. The van der Waals surface area contributed by atoms with Crippen molar-refractivity contribution in [3.05, 3.63) is 35.9 Å². The van der Waals surface area contributed by atoms with Crippen LogP contribution in [-0.4, -0.2) is 17.4 Å². The Morgan fingerprint density at radius 3 is 2.44 bits per heavy atom. The highest BCUT2D eigenvalue weighted by molar-refractivity contribution is 6.40. The lowest BCUT2D eigenvalue weighted by Crippen LogP contribution is -2.31. The van der Waals surface area contributed by atoms with Crippen molar-refractivity contribution in [2.75, 3.05) is 0 Å². The lowest BCUT2D eigenvalue weighted by atomic mass is 10.0. The van der Waals surface area contributed by atoms with E-state index in [-0.39, 0.29) is 0 Å². The Labute approximate surface area is 107 Å². The third-order valence-electron chi connectivity index (χ3n) is 2.46. The van der Waals surface area contributed by atoms with E-state index in [4.69, 9.17) is 11.2 Å². The highest BCUT2D eigenvalue weighted by atomic mass is 16.6. The zero-order chi connectivity index (χ0) is 13.6. The zero-order valence-electron chi connectivity index (χ0n) is 10.6. The average Bonchev–Trinajstić information content (AvgIpc) is 2.36. The number of carbonyl (C=O) groups excluding carboxylic acids is 2. The molecule has 0 radical (unpaired) electrons. The number of esters is 1. The number of Topliss-reactive ketones (excluding diaryl/α,β-unsaturated/α-hetero) is 1. The van der Waals surface area contributed by atoms with Gasteiger partial charge in [-0.1, -0.05) is 30.3 Å². The van der Waals surface area contributed by atoms with Crippen LogP contribution in [0.25, 0.3) is 0 Å². The Morgan fingerprint density at radius 1 is 1.28 bits per heavy atom. The Hall–Kier alpha value is -2.08. The summed E-state index contributed by atoms with van der Waals surface area (Å²) in [6.45, 7) is 3.47. The first-order valence-corrected chi connectivity index (χ1v) is 5.72. The third kappa shape index (κ3) is 4.06. The number of hydrogen-bond acceptors (Lipinski definition) is 3. The lowest BCUT2D eigenvalue weighted by molar-refractivity contribution is -0.150. The molecule has 0 aromatic heterocycles. The molecule has 0 bridgehead atoms. The zero-order valence-corrected chi connectivity index (χ0v) is 10.6. The Balaban J connectivity index is 2.67. The lowest BCUT2D eigenvalue weighted by Gasteiger charge is -2.23. The molecule has 94 valence electrons. The summed E-state index contributed by atoms with van der Waals surface area (Å²) >= 11 is 0. The van der Waals surface area contributed by atoms with Crippen LogP contribution in [0.1, 0.15) is 37.0 Å². The quantitative estimate of drug-likeness (QED) is 0.346. The van der Waals surface area contributed by atoms with Gasteiger partial charge in [-0.05, 0) is 20.3 Å². The molecule has 0 aliphatic carbocycles. The van der Waals surface area contributed by atoms with E-state index < -0.39 is 17.4 Å². The number of hydrogen-bond donors (Lipinski definition) is 0. The summed E-state index contributed by atoms with van der Waals surface area (Å²) in [5.74, 6) is 1.00. The fourth-order valence-corrected chi connectivity index (χ4v) is 1.43. The van der Waals surface area contributed by atoms with Crippen LogP contribution in [0.5, 0.6) is 0 Å². The van der Waals surface area contributed by atoms with E-state index in [1.54, 1.807) is 44.2 Å². The summed E-state index contributed by atoms with van der Waals surface area (Å²) in [7, 11) is 0. The SMILES string of the molecule is C#CCCC(C)(C)OC(=O)C(=O)c1ccccc1. The fourth-order valence-electron chi connectivity index (χ4n) is 1.43. The van der Waals surface area contributed by atoms with Crippen LogP contribution in [0.2, 0.25) is 0 Å². The van der Waals surface area contributed by atoms with E-state index in [0.717, 1.165) is 0 Å². The maximum Gasteiger partial charge on any atom is 0.380 e. The van der Waals surface area contributed by atoms with Gasteiger partial charge >= 0.3 is 5.97 Å². The molecule has 1 rings (SSSR count). The van der Waals surface area contributed by atoms with Crippen molar-refractivity contribution in [2.24, 2.45) is 0 Å². The maximum absolute atomic E-state index is 11.8. The predicted molar refractivity (Wildman–Crippen MR) is 69.0 cm³/mol. The second-order valence-electron chi connectivity index (χ2n) is 4.55. The second-order valence-corrected chi connectivity index (χ2v) is 4.55. The van der Waals surface area contributed by atoms with E-state index in [9.17, 15) is 9.59 Å². The molecule has 3 nitrogen and oxygen atoms in total. The van der Waals surface area contributed by atoms with Crippen LogP contribution in [0.4, 0.5) is 0 Å². The fraction of sp³-hybridized carbons (Fsp3) is 0.333. The molecular formula is C15H16O3. The van der Waals surface area contributed by atoms with E-state index in [1.165, 1.54) is 0 Å². The van der Waals surface area contributed by atoms with E-state index in [2.05, 4.69) is 5.92 Å². The molecule has 0 saturated carbocycles. The molecule has 0 fully saturated rings. The highest BCUT2D eigenvalue weighted by Gasteiger charge is 2.27. The summed E-state index contributed by atoms with van der Waals surface area (Å²) in [6.07, 6.45) is 6.18. The van der Waals surface area contributed by atoms with E-state index in [0.29, 0.717) is 18.4 Å². The molecule has 1 aromatic carbocycles.